The Kier molecular flexibility index (Phi) is 5.35. The molecule has 0 aliphatic heterocycles. The van der Waals surface area contributed by atoms with Crippen molar-refractivity contribution in [1.82, 2.24) is 10.2 Å². The summed E-state index contributed by atoms with van der Waals surface area (Å²) in [5.74, 6) is 0.553. The number of benzene rings is 1. The van der Waals surface area contributed by atoms with E-state index >= 15 is 0 Å². The number of nitrogens with two attached hydrogens (primary N) is 1. The summed E-state index contributed by atoms with van der Waals surface area (Å²) < 4.78 is 0. The van der Waals surface area contributed by atoms with Crippen molar-refractivity contribution in [1.29, 1.82) is 0 Å². The fourth-order valence-corrected chi connectivity index (χ4v) is 3.69. The fourth-order valence-electron chi connectivity index (χ4n) is 3.41. The average molecular weight is 324 g/mol. The third-order valence-corrected chi connectivity index (χ3v) is 5.14. The largest absolute Gasteiger partial charge is 0.399 e. The molecule has 1 amide bonds. The van der Waals surface area contributed by atoms with E-state index < -0.39 is 0 Å². The zero-order chi connectivity index (χ0) is 16.3. The predicted molar refractivity (Wildman–Crippen MR) is 92.2 cm³/mol. The maximum Gasteiger partial charge on any atom is 0.252 e. The SMILES string of the molecule is CC1CCCC(CNC(=O)c2ccc(N)cc2Cl)(N(C)C)C1. The second-order valence-corrected chi connectivity index (χ2v) is 7.15. The molecule has 2 atom stereocenters. The molecule has 0 heterocycles. The Bertz CT molecular complexity index is 547. The van der Waals surface area contributed by atoms with Gasteiger partial charge in [0, 0.05) is 17.8 Å². The van der Waals surface area contributed by atoms with Gasteiger partial charge in [0.05, 0.1) is 10.6 Å². The highest BCUT2D eigenvalue weighted by Crippen LogP contribution is 2.35. The van der Waals surface area contributed by atoms with Gasteiger partial charge in [0.15, 0.2) is 0 Å². The summed E-state index contributed by atoms with van der Waals surface area (Å²) in [4.78, 5) is 14.7. The van der Waals surface area contributed by atoms with Crippen LogP contribution >= 0.6 is 11.6 Å². The normalized spacial score (nSPS) is 25.2. The Balaban J connectivity index is 2.07. The first-order valence-electron chi connectivity index (χ1n) is 7.85. The van der Waals surface area contributed by atoms with Gasteiger partial charge in [0.1, 0.15) is 0 Å². The van der Waals surface area contributed by atoms with E-state index in [0.29, 0.717) is 28.7 Å². The predicted octanol–water partition coefficient (Wildman–Crippen LogP) is 3.16. The van der Waals surface area contributed by atoms with E-state index in [1.165, 1.54) is 12.8 Å². The molecular weight excluding hydrogens is 298 g/mol. The van der Waals surface area contributed by atoms with E-state index in [1.54, 1.807) is 18.2 Å². The van der Waals surface area contributed by atoms with Crippen molar-refractivity contribution in [2.24, 2.45) is 5.92 Å². The number of hydrogen-bond acceptors (Lipinski definition) is 3. The molecule has 2 rings (SSSR count). The van der Waals surface area contributed by atoms with Crippen LogP contribution in [0.25, 0.3) is 0 Å². The quantitative estimate of drug-likeness (QED) is 0.837. The van der Waals surface area contributed by atoms with Crippen LogP contribution in [0, 0.1) is 5.92 Å². The van der Waals surface area contributed by atoms with Gasteiger partial charge in [-0.15, -0.1) is 0 Å². The van der Waals surface area contributed by atoms with E-state index in [2.05, 4.69) is 31.2 Å². The molecule has 0 aromatic heterocycles. The summed E-state index contributed by atoms with van der Waals surface area (Å²) in [6.45, 7) is 2.93. The number of nitrogens with one attached hydrogen (secondary N) is 1. The standard InChI is InChI=1S/C17H26ClN3O/c1-12-5-4-8-17(10-12,21(2)3)11-20-16(22)14-7-6-13(19)9-15(14)18/h6-7,9,12H,4-5,8,10-11,19H2,1-3H3,(H,20,22). The number of carbonyl (C=O) groups excluding carboxylic acids is 1. The number of nitrogen functional groups attached to an aromatic ring is 1. The van der Waals surface area contributed by atoms with E-state index in [9.17, 15) is 4.79 Å². The third kappa shape index (κ3) is 3.73. The van der Waals surface area contributed by atoms with Crippen LogP contribution in [0.3, 0.4) is 0 Å². The van der Waals surface area contributed by atoms with Crippen LogP contribution in [-0.2, 0) is 0 Å². The Morgan fingerprint density at radius 2 is 2.23 bits per heavy atom. The van der Waals surface area contributed by atoms with Crippen LogP contribution in [0.5, 0.6) is 0 Å². The molecule has 0 radical (unpaired) electrons. The van der Waals surface area contributed by atoms with Crippen LogP contribution in [0.2, 0.25) is 5.02 Å². The Morgan fingerprint density at radius 1 is 1.50 bits per heavy atom. The molecule has 1 saturated carbocycles. The van der Waals surface area contributed by atoms with Gasteiger partial charge >= 0.3 is 0 Å². The average Bonchev–Trinajstić information content (AvgIpc) is 2.44. The first-order chi connectivity index (χ1) is 10.3. The van der Waals surface area contributed by atoms with Gasteiger partial charge in [0.2, 0.25) is 0 Å². The molecule has 0 saturated heterocycles. The highest BCUT2D eigenvalue weighted by molar-refractivity contribution is 6.34. The molecule has 0 spiro atoms. The minimum absolute atomic E-state index is 0.0353. The lowest BCUT2D eigenvalue weighted by molar-refractivity contribution is 0.0675. The third-order valence-electron chi connectivity index (χ3n) is 4.83. The second kappa shape index (κ2) is 6.88. The molecule has 2 unspecified atom stereocenters. The van der Waals surface area contributed by atoms with E-state index in [4.69, 9.17) is 17.3 Å². The van der Waals surface area contributed by atoms with Gasteiger partial charge in [0.25, 0.3) is 5.91 Å². The Hall–Kier alpha value is -1.26. The van der Waals surface area contributed by atoms with Crippen molar-refractivity contribution < 1.29 is 4.79 Å². The van der Waals surface area contributed by atoms with Gasteiger partial charge in [-0.25, -0.2) is 0 Å². The first-order valence-corrected chi connectivity index (χ1v) is 8.22. The summed E-state index contributed by atoms with van der Waals surface area (Å²) in [7, 11) is 4.20. The number of likely N-dealkylation sites (N-methyl/N-ethyl adjacent to an activating group) is 1. The lowest BCUT2D eigenvalue weighted by atomic mass is 9.75. The van der Waals surface area contributed by atoms with Crippen LogP contribution in [0.4, 0.5) is 5.69 Å². The second-order valence-electron chi connectivity index (χ2n) is 6.74. The number of rotatable bonds is 4. The summed E-state index contributed by atoms with van der Waals surface area (Å²) in [6.07, 6.45) is 4.70. The summed E-state index contributed by atoms with van der Waals surface area (Å²) in [5, 5.41) is 3.46. The molecule has 1 aromatic rings. The number of hydrogen-bond donors (Lipinski definition) is 2. The lowest BCUT2D eigenvalue weighted by Gasteiger charge is -2.45. The van der Waals surface area contributed by atoms with Crippen molar-refractivity contribution in [3.05, 3.63) is 28.8 Å². The number of amides is 1. The molecule has 22 heavy (non-hydrogen) atoms. The zero-order valence-corrected chi connectivity index (χ0v) is 14.4. The smallest absolute Gasteiger partial charge is 0.252 e. The minimum Gasteiger partial charge on any atom is -0.399 e. The Labute approximate surface area is 138 Å². The summed E-state index contributed by atoms with van der Waals surface area (Å²) >= 11 is 6.12. The molecule has 1 aromatic carbocycles. The van der Waals surface area contributed by atoms with Gasteiger partial charge in [-0.2, -0.15) is 0 Å². The van der Waals surface area contributed by atoms with Gasteiger partial charge in [-0.1, -0.05) is 31.4 Å². The van der Waals surface area contributed by atoms with E-state index in [-0.39, 0.29) is 11.4 Å². The zero-order valence-electron chi connectivity index (χ0n) is 13.7. The van der Waals surface area contributed by atoms with Crippen LogP contribution in [-0.4, -0.2) is 37.0 Å². The number of anilines is 1. The van der Waals surface area contributed by atoms with E-state index in [0.717, 1.165) is 12.8 Å². The number of halogens is 1. The van der Waals surface area contributed by atoms with Crippen LogP contribution < -0.4 is 11.1 Å². The first kappa shape index (κ1) is 17.1. The molecular formula is C17H26ClN3O. The molecule has 5 heteroatoms. The molecule has 122 valence electrons. The maximum atomic E-state index is 12.4. The monoisotopic (exact) mass is 323 g/mol. The van der Waals surface area contributed by atoms with Gasteiger partial charge in [-0.3, -0.25) is 4.79 Å². The van der Waals surface area contributed by atoms with Crippen molar-refractivity contribution in [2.75, 3.05) is 26.4 Å². The molecule has 3 N–H and O–H groups in total. The number of carbonyl (C=O) groups is 1. The van der Waals surface area contributed by atoms with Gasteiger partial charge < -0.3 is 16.0 Å². The van der Waals surface area contributed by atoms with Gasteiger partial charge in [-0.05, 0) is 51.1 Å². The lowest BCUT2D eigenvalue weighted by Crippen LogP contribution is -2.55. The molecule has 4 nitrogen and oxygen atoms in total. The van der Waals surface area contributed by atoms with Crippen molar-refractivity contribution in [2.45, 2.75) is 38.1 Å². The summed E-state index contributed by atoms with van der Waals surface area (Å²) in [6, 6.07) is 4.99. The van der Waals surface area contributed by atoms with Crippen molar-refractivity contribution >= 4 is 23.2 Å². The molecule has 1 aliphatic rings. The van der Waals surface area contributed by atoms with Crippen LogP contribution in [0.1, 0.15) is 43.0 Å². The highest BCUT2D eigenvalue weighted by Gasteiger charge is 2.37. The van der Waals surface area contributed by atoms with Crippen molar-refractivity contribution in [3.63, 3.8) is 0 Å². The van der Waals surface area contributed by atoms with E-state index in [1.807, 2.05) is 0 Å². The summed E-state index contributed by atoms with van der Waals surface area (Å²) in [5.41, 5.74) is 6.75. The molecule has 1 fully saturated rings. The molecule has 1 aliphatic carbocycles. The minimum atomic E-state index is -0.135. The maximum absolute atomic E-state index is 12.4. The highest BCUT2D eigenvalue weighted by atomic mass is 35.5. The number of nitrogens with zero attached hydrogens (tertiary/aromatic N) is 1. The molecule has 0 bridgehead atoms. The van der Waals surface area contributed by atoms with Crippen LogP contribution in [0.15, 0.2) is 18.2 Å². The van der Waals surface area contributed by atoms with Crippen molar-refractivity contribution in [3.8, 4) is 0 Å². The fraction of sp³-hybridized carbons (Fsp3) is 0.588. The topological polar surface area (TPSA) is 58.4 Å². The Morgan fingerprint density at radius 3 is 2.82 bits per heavy atom.